The highest BCUT2D eigenvalue weighted by Crippen LogP contribution is 2.20. The van der Waals surface area contributed by atoms with Gasteiger partial charge in [0.2, 0.25) is 0 Å². The third kappa shape index (κ3) is 4.48. The van der Waals surface area contributed by atoms with Gasteiger partial charge in [-0.25, -0.2) is 0 Å². The van der Waals surface area contributed by atoms with Crippen molar-refractivity contribution in [2.24, 2.45) is 5.41 Å². The maximum Gasteiger partial charge on any atom is 0.252 e. The number of hydrogen-bond donors (Lipinski definition) is 2. The van der Waals surface area contributed by atoms with E-state index in [0.29, 0.717) is 6.54 Å². The minimum Gasteiger partial charge on any atom is -0.396 e. The molecule has 1 amide bonds. The smallest absolute Gasteiger partial charge is 0.252 e. The first kappa shape index (κ1) is 14.2. The second-order valence-corrected chi connectivity index (χ2v) is 5.89. The molecule has 1 rings (SSSR count). The average Bonchev–Trinajstić information content (AvgIpc) is 2.71. The SMILES string of the molecule is Cc1cscc1C(=O)NCCCC(C)(C)CO. The molecule has 0 bridgehead atoms. The van der Waals surface area contributed by atoms with Crippen LogP contribution in [0.25, 0.3) is 0 Å². The monoisotopic (exact) mass is 255 g/mol. The molecule has 96 valence electrons. The van der Waals surface area contributed by atoms with Crippen molar-refractivity contribution < 1.29 is 9.90 Å². The molecule has 1 heterocycles. The molecule has 4 heteroatoms. The van der Waals surface area contributed by atoms with E-state index in [4.69, 9.17) is 5.11 Å². The average molecular weight is 255 g/mol. The first-order valence-corrected chi connectivity index (χ1v) is 6.82. The molecule has 0 saturated carbocycles. The number of carbonyl (C=O) groups is 1. The molecule has 0 aliphatic heterocycles. The van der Waals surface area contributed by atoms with Gasteiger partial charge in [0.25, 0.3) is 5.91 Å². The molecule has 0 fully saturated rings. The van der Waals surface area contributed by atoms with Crippen LogP contribution in [0.2, 0.25) is 0 Å². The van der Waals surface area contributed by atoms with Crippen LogP contribution in [0, 0.1) is 12.3 Å². The van der Waals surface area contributed by atoms with Gasteiger partial charge in [-0.1, -0.05) is 13.8 Å². The van der Waals surface area contributed by atoms with E-state index >= 15 is 0 Å². The summed E-state index contributed by atoms with van der Waals surface area (Å²) in [5, 5.41) is 15.9. The Balaban J connectivity index is 2.29. The molecule has 1 aromatic heterocycles. The standard InChI is InChI=1S/C13H21NO2S/c1-10-7-17-8-11(10)12(16)14-6-4-5-13(2,3)9-15/h7-8,15H,4-6,9H2,1-3H3,(H,14,16). The van der Waals surface area contributed by atoms with Gasteiger partial charge in [0.05, 0.1) is 5.56 Å². The Hall–Kier alpha value is -0.870. The molecule has 0 atom stereocenters. The number of aliphatic hydroxyl groups excluding tert-OH is 1. The zero-order chi connectivity index (χ0) is 12.9. The van der Waals surface area contributed by atoms with Gasteiger partial charge in [-0.2, -0.15) is 11.3 Å². The van der Waals surface area contributed by atoms with Crippen LogP contribution in [0.4, 0.5) is 0 Å². The Morgan fingerprint density at radius 2 is 2.18 bits per heavy atom. The molecular formula is C13H21NO2S. The molecule has 0 aromatic carbocycles. The molecule has 3 nitrogen and oxygen atoms in total. The quantitative estimate of drug-likeness (QED) is 0.768. The number of thiophene rings is 1. The number of nitrogens with one attached hydrogen (secondary N) is 1. The van der Waals surface area contributed by atoms with E-state index in [1.165, 1.54) is 0 Å². The summed E-state index contributed by atoms with van der Waals surface area (Å²) in [4.78, 5) is 11.8. The van der Waals surface area contributed by atoms with Crippen LogP contribution in [0.1, 0.15) is 42.6 Å². The molecule has 0 aliphatic rings. The zero-order valence-corrected chi connectivity index (χ0v) is 11.6. The Kier molecular flexibility index (Phi) is 5.15. The number of hydrogen-bond acceptors (Lipinski definition) is 3. The second-order valence-electron chi connectivity index (χ2n) is 5.15. The van der Waals surface area contributed by atoms with E-state index in [0.717, 1.165) is 24.0 Å². The van der Waals surface area contributed by atoms with Crippen molar-refractivity contribution in [1.29, 1.82) is 0 Å². The molecule has 0 unspecified atom stereocenters. The van der Waals surface area contributed by atoms with Crippen molar-refractivity contribution in [3.63, 3.8) is 0 Å². The van der Waals surface area contributed by atoms with E-state index in [-0.39, 0.29) is 17.9 Å². The zero-order valence-electron chi connectivity index (χ0n) is 10.7. The normalized spacial score (nSPS) is 11.5. The van der Waals surface area contributed by atoms with Gasteiger partial charge in [0.15, 0.2) is 0 Å². The molecule has 0 aliphatic carbocycles. The van der Waals surface area contributed by atoms with Crippen LogP contribution >= 0.6 is 11.3 Å². The van der Waals surface area contributed by atoms with Gasteiger partial charge >= 0.3 is 0 Å². The summed E-state index contributed by atoms with van der Waals surface area (Å²) in [6, 6.07) is 0. The largest absolute Gasteiger partial charge is 0.396 e. The molecule has 0 saturated heterocycles. The molecule has 0 spiro atoms. The van der Waals surface area contributed by atoms with Gasteiger partial charge < -0.3 is 10.4 Å². The highest BCUT2D eigenvalue weighted by molar-refractivity contribution is 7.08. The number of amides is 1. The van der Waals surface area contributed by atoms with E-state index < -0.39 is 0 Å². The van der Waals surface area contributed by atoms with Gasteiger partial charge in [0.1, 0.15) is 0 Å². The Bertz CT molecular complexity index is 371. The summed E-state index contributed by atoms with van der Waals surface area (Å²) >= 11 is 1.55. The van der Waals surface area contributed by atoms with Gasteiger partial charge in [-0.05, 0) is 36.1 Å². The summed E-state index contributed by atoms with van der Waals surface area (Å²) < 4.78 is 0. The lowest BCUT2D eigenvalue weighted by molar-refractivity contribution is 0.0948. The van der Waals surface area contributed by atoms with Crippen molar-refractivity contribution in [3.8, 4) is 0 Å². The van der Waals surface area contributed by atoms with Crippen LogP contribution in [0.15, 0.2) is 10.8 Å². The predicted molar refractivity (Wildman–Crippen MR) is 71.5 cm³/mol. The first-order chi connectivity index (χ1) is 7.96. The lowest BCUT2D eigenvalue weighted by atomic mass is 9.89. The minimum atomic E-state index is -0.0526. The van der Waals surface area contributed by atoms with Crippen molar-refractivity contribution in [3.05, 3.63) is 21.9 Å². The van der Waals surface area contributed by atoms with Crippen LogP contribution < -0.4 is 5.32 Å². The molecule has 1 aromatic rings. The van der Waals surface area contributed by atoms with Gasteiger partial charge in [0, 0.05) is 18.5 Å². The van der Waals surface area contributed by atoms with Crippen molar-refractivity contribution in [1.82, 2.24) is 5.32 Å². The number of rotatable bonds is 6. The van der Waals surface area contributed by atoms with Crippen molar-refractivity contribution in [2.45, 2.75) is 33.6 Å². The first-order valence-electron chi connectivity index (χ1n) is 5.88. The number of carbonyl (C=O) groups excluding carboxylic acids is 1. The predicted octanol–water partition coefficient (Wildman–Crippen LogP) is 2.59. The molecule has 17 heavy (non-hydrogen) atoms. The van der Waals surface area contributed by atoms with E-state index in [1.54, 1.807) is 11.3 Å². The lowest BCUT2D eigenvalue weighted by Gasteiger charge is -2.21. The molecule has 2 N–H and O–H groups in total. The van der Waals surface area contributed by atoms with Crippen LogP contribution in [-0.4, -0.2) is 24.2 Å². The Morgan fingerprint density at radius 3 is 2.71 bits per heavy atom. The third-order valence-corrected chi connectivity index (χ3v) is 3.71. The van der Waals surface area contributed by atoms with Crippen LogP contribution in [0.5, 0.6) is 0 Å². The topological polar surface area (TPSA) is 49.3 Å². The lowest BCUT2D eigenvalue weighted by Crippen LogP contribution is -2.26. The summed E-state index contributed by atoms with van der Waals surface area (Å²) in [5.41, 5.74) is 1.75. The minimum absolute atomic E-state index is 0.00514. The fraction of sp³-hybridized carbons (Fsp3) is 0.615. The van der Waals surface area contributed by atoms with Crippen molar-refractivity contribution in [2.75, 3.05) is 13.2 Å². The van der Waals surface area contributed by atoms with Crippen LogP contribution in [-0.2, 0) is 0 Å². The molecular weight excluding hydrogens is 234 g/mol. The maximum absolute atomic E-state index is 11.8. The Morgan fingerprint density at radius 1 is 1.47 bits per heavy atom. The van der Waals surface area contributed by atoms with E-state index in [9.17, 15) is 4.79 Å². The number of aliphatic hydroxyl groups is 1. The van der Waals surface area contributed by atoms with E-state index in [2.05, 4.69) is 5.32 Å². The maximum atomic E-state index is 11.8. The van der Waals surface area contributed by atoms with Gasteiger partial charge in [-0.3, -0.25) is 4.79 Å². The molecule has 0 radical (unpaired) electrons. The third-order valence-electron chi connectivity index (χ3n) is 2.84. The van der Waals surface area contributed by atoms with E-state index in [1.807, 2.05) is 31.5 Å². The summed E-state index contributed by atoms with van der Waals surface area (Å²) in [7, 11) is 0. The van der Waals surface area contributed by atoms with Crippen molar-refractivity contribution >= 4 is 17.2 Å². The number of aryl methyl sites for hydroxylation is 1. The summed E-state index contributed by atoms with van der Waals surface area (Å²) in [6.07, 6.45) is 1.80. The summed E-state index contributed by atoms with van der Waals surface area (Å²) in [5.74, 6) is 0.00514. The summed E-state index contributed by atoms with van der Waals surface area (Å²) in [6.45, 7) is 6.85. The highest BCUT2D eigenvalue weighted by atomic mass is 32.1. The second kappa shape index (κ2) is 6.17. The fourth-order valence-electron chi connectivity index (χ4n) is 1.54. The fourth-order valence-corrected chi connectivity index (χ4v) is 2.36. The van der Waals surface area contributed by atoms with Gasteiger partial charge in [-0.15, -0.1) is 0 Å². The van der Waals surface area contributed by atoms with Crippen LogP contribution in [0.3, 0.4) is 0 Å². The highest BCUT2D eigenvalue weighted by Gasteiger charge is 2.16. The Labute approximate surface area is 107 Å².